The zero-order chi connectivity index (χ0) is 13.3. The van der Waals surface area contributed by atoms with Gasteiger partial charge in [-0.3, -0.25) is 9.35 Å². The molecule has 0 rings (SSSR count). The first-order valence-corrected chi connectivity index (χ1v) is 7.50. The molecule has 0 bridgehead atoms. The molecule has 0 radical (unpaired) electrons. The predicted molar refractivity (Wildman–Crippen MR) is 70.4 cm³/mol. The van der Waals surface area contributed by atoms with Crippen molar-refractivity contribution in [3.8, 4) is 0 Å². The van der Waals surface area contributed by atoms with Crippen molar-refractivity contribution >= 4 is 16.1 Å². The van der Waals surface area contributed by atoms with Gasteiger partial charge < -0.3 is 10.9 Å². The van der Waals surface area contributed by atoms with E-state index in [0.717, 1.165) is 32.1 Å². The molecule has 6 nitrogen and oxygen atoms in total. The molecule has 1 unspecified atom stereocenters. The van der Waals surface area contributed by atoms with Gasteiger partial charge in [0, 0.05) is 6.42 Å². The highest BCUT2D eigenvalue weighted by Crippen LogP contribution is 2.06. The molecule has 110 valence electrons. The lowest BCUT2D eigenvalue weighted by molar-refractivity contribution is -0.143. The van der Waals surface area contributed by atoms with Crippen LogP contribution in [0.3, 0.4) is 0 Å². The summed E-state index contributed by atoms with van der Waals surface area (Å²) in [6, 6.07) is 0. The molecule has 0 aliphatic rings. The summed E-state index contributed by atoms with van der Waals surface area (Å²) in [6.45, 7) is 3.13. The van der Waals surface area contributed by atoms with Gasteiger partial charge in [0.15, 0.2) is 0 Å². The third kappa shape index (κ3) is 10.5. The Hall–Kier alpha value is -0.660. The van der Waals surface area contributed by atoms with Gasteiger partial charge in [0.1, 0.15) is 11.9 Å². The van der Waals surface area contributed by atoms with E-state index >= 15 is 0 Å². The van der Waals surface area contributed by atoms with Crippen molar-refractivity contribution in [1.29, 1.82) is 0 Å². The minimum atomic E-state index is -4.11. The van der Waals surface area contributed by atoms with E-state index in [4.69, 9.17) is 9.29 Å². The van der Waals surface area contributed by atoms with Gasteiger partial charge >= 0.3 is 5.97 Å². The van der Waals surface area contributed by atoms with Crippen LogP contribution in [0.25, 0.3) is 0 Å². The molecular formula is C11H25NO5S. The molecule has 0 aromatic carbocycles. The van der Waals surface area contributed by atoms with Crippen molar-refractivity contribution in [1.82, 2.24) is 6.15 Å². The van der Waals surface area contributed by atoms with E-state index in [0.29, 0.717) is 6.42 Å². The molecule has 4 N–H and O–H groups in total. The number of ether oxygens (including phenoxy) is 1. The van der Waals surface area contributed by atoms with Gasteiger partial charge in [-0.05, 0) is 13.3 Å². The van der Waals surface area contributed by atoms with Crippen LogP contribution in [0.5, 0.6) is 0 Å². The van der Waals surface area contributed by atoms with Crippen molar-refractivity contribution in [3.63, 3.8) is 0 Å². The maximum absolute atomic E-state index is 11.2. The van der Waals surface area contributed by atoms with E-state index in [1.165, 1.54) is 6.92 Å². The quantitative estimate of drug-likeness (QED) is 0.381. The first kappa shape index (κ1) is 19.7. The van der Waals surface area contributed by atoms with E-state index < -0.39 is 21.3 Å². The van der Waals surface area contributed by atoms with Gasteiger partial charge in [-0.2, -0.15) is 8.42 Å². The van der Waals surface area contributed by atoms with Crippen molar-refractivity contribution < 1.29 is 22.5 Å². The molecule has 0 heterocycles. The second-order valence-electron chi connectivity index (χ2n) is 4.17. The molecule has 1 atom stereocenters. The lowest BCUT2D eigenvalue weighted by atomic mass is 10.1. The molecular weight excluding hydrogens is 258 g/mol. The fourth-order valence-electron chi connectivity index (χ4n) is 1.24. The molecule has 0 spiro atoms. The fourth-order valence-corrected chi connectivity index (χ4v) is 1.48. The number of esters is 1. The topological polar surface area (TPSA) is 116 Å². The average molecular weight is 283 g/mol. The van der Waals surface area contributed by atoms with Crippen LogP contribution in [0.4, 0.5) is 0 Å². The Morgan fingerprint density at radius 1 is 1.22 bits per heavy atom. The minimum absolute atomic E-state index is 0. The number of unbranched alkanes of at least 4 members (excludes halogenated alkanes) is 4. The van der Waals surface area contributed by atoms with E-state index in [1.807, 2.05) is 0 Å². The summed E-state index contributed by atoms with van der Waals surface area (Å²) < 4.78 is 34.7. The predicted octanol–water partition coefficient (Wildman–Crippen LogP) is 2.33. The third-order valence-electron chi connectivity index (χ3n) is 2.47. The SMILES string of the molecule is CCCCCCCC(=O)OCC(C)S(=O)(=O)O.N. The molecule has 0 aromatic rings. The molecule has 0 aliphatic carbocycles. The van der Waals surface area contributed by atoms with Crippen LogP contribution in [0.2, 0.25) is 0 Å². The highest BCUT2D eigenvalue weighted by molar-refractivity contribution is 7.86. The first-order valence-electron chi connectivity index (χ1n) is 5.99. The Morgan fingerprint density at radius 3 is 2.28 bits per heavy atom. The van der Waals surface area contributed by atoms with Crippen molar-refractivity contribution in [2.75, 3.05) is 6.61 Å². The molecule has 0 saturated heterocycles. The third-order valence-corrected chi connectivity index (χ3v) is 3.62. The van der Waals surface area contributed by atoms with E-state index in [9.17, 15) is 13.2 Å². The number of carbonyl (C=O) groups is 1. The lowest BCUT2D eigenvalue weighted by Crippen LogP contribution is -2.24. The first-order chi connectivity index (χ1) is 7.88. The van der Waals surface area contributed by atoms with Gasteiger partial charge in [-0.1, -0.05) is 32.6 Å². The smallest absolute Gasteiger partial charge is 0.305 e. The summed E-state index contributed by atoms with van der Waals surface area (Å²) in [5.41, 5.74) is 0. The van der Waals surface area contributed by atoms with Crippen molar-refractivity contribution in [2.45, 2.75) is 57.6 Å². The van der Waals surface area contributed by atoms with Crippen LogP contribution in [-0.2, 0) is 19.6 Å². The van der Waals surface area contributed by atoms with E-state index in [-0.39, 0.29) is 12.8 Å². The van der Waals surface area contributed by atoms with Gasteiger partial charge in [-0.15, -0.1) is 0 Å². The summed E-state index contributed by atoms with van der Waals surface area (Å²) >= 11 is 0. The largest absolute Gasteiger partial charge is 0.464 e. The van der Waals surface area contributed by atoms with Crippen LogP contribution >= 0.6 is 0 Å². The van der Waals surface area contributed by atoms with Crippen molar-refractivity contribution in [2.24, 2.45) is 0 Å². The molecule has 18 heavy (non-hydrogen) atoms. The maximum Gasteiger partial charge on any atom is 0.305 e. The van der Waals surface area contributed by atoms with Crippen molar-refractivity contribution in [3.05, 3.63) is 0 Å². The monoisotopic (exact) mass is 283 g/mol. The Balaban J connectivity index is 0. The van der Waals surface area contributed by atoms with Gasteiger partial charge in [0.2, 0.25) is 0 Å². The standard InChI is InChI=1S/C11H22O5S.H3N/c1-3-4-5-6-7-8-11(12)16-9-10(2)17(13,14)15;/h10H,3-9H2,1-2H3,(H,13,14,15);1H3. The van der Waals surface area contributed by atoms with Crippen LogP contribution in [-0.4, -0.2) is 30.8 Å². The molecule has 0 saturated carbocycles. The van der Waals surface area contributed by atoms with Gasteiger partial charge in [0.05, 0.1) is 0 Å². The zero-order valence-corrected chi connectivity index (χ0v) is 12.0. The summed E-state index contributed by atoms with van der Waals surface area (Å²) in [6.07, 6.45) is 5.47. The molecule has 0 amide bonds. The molecule has 0 aromatic heterocycles. The van der Waals surface area contributed by atoms with Crippen LogP contribution in [0.1, 0.15) is 52.4 Å². The Morgan fingerprint density at radius 2 is 1.78 bits per heavy atom. The summed E-state index contributed by atoms with van der Waals surface area (Å²) in [4.78, 5) is 11.2. The second-order valence-corrected chi connectivity index (χ2v) is 6.01. The summed E-state index contributed by atoms with van der Waals surface area (Å²) in [5, 5.41) is -1.06. The summed E-state index contributed by atoms with van der Waals surface area (Å²) in [5.74, 6) is -0.406. The van der Waals surface area contributed by atoms with Crippen LogP contribution in [0.15, 0.2) is 0 Å². The average Bonchev–Trinajstić information content (AvgIpc) is 2.24. The molecule has 0 fully saturated rings. The second kappa shape index (κ2) is 10.3. The Bertz CT molecular complexity index is 315. The van der Waals surface area contributed by atoms with E-state index in [2.05, 4.69) is 6.92 Å². The molecule has 7 heteroatoms. The van der Waals surface area contributed by atoms with Crippen LogP contribution in [0, 0.1) is 0 Å². The Kier molecular flexibility index (Phi) is 11.2. The number of carbonyl (C=O) groups excluding carboxylic acids is 1. The zero-order valence-electron chi connectivity index (χ0n) is 11.2. The minimum Gasteiger partial charge on any atom is -0.464 e. The maximum atomic E-state index is 11.2. The normalized spacial score (nSPS) is 12.6. The molecule has 0 aliphatic heterocycles. The van der Waals surface area contributed by atoms with Gasteiger partial charge in [-0.25, -0.2) is 0 Å². The Labute approximate surface area is 109 Å². The number of rotatable bonds is 9. The van der Waals surface area contributed by atoms with Gasteiger partial charge in [0.25, 0.3) is 10.1 Å². The fraction of sp³-hybridized carbons (Fsp3) is 0.909. The number of hydrogen-bond acceptors (Lipinski definition) is 5. The lowest BCUT2D eigenvalue weighted by Gasteiger charge is -2.09. The number of hydrogen-bond donors (Lipinski definition) is 2. The highest BCUT2D eigenvalue weighted by Gasteiger charge is 2.18. The summed E-state index contributed by atoms with van der Waals surface area (Å²) in [7, 11) is -4.11. The van der Waals surface area contributed by atoms with Crippen LogP contribution < -0.4 is 6.15 Å². The highest BCUT2D eigenvalue weighted by atomic mass is 32.2. The van der Waals surface area contributed by atoms with E-state index in [1.54, 1.807) is 0 Å².